The summed E-state index contributed by atoms with van der Waals surface area (Å²) < 4.78 is 27.0. The van der Waals surface area contributed by atoms with Crippen molar-refractivity contribution in [3.05, 3.63) is 6.33 Å². The van der Waals surface area contributed by atoms with Crippen LogP contribution in [0.1, 0.15) is 52.9 Å². The minimum atomic E-state index is -3.76. The van der Waals surface area contributed by atoms with Gasteiger partial charge in [0.25, 0.3) is 15.2 Å². The third-order valence-electron chi connectivity index (χ3n) is 3.82. The van der Waals surface area contributed by atoms with Gasteiger partial charge in [0.05, 0.1) is 0 Å². The highest BCUT2D eigenvalue weighted by Gasteiger charge is 2.26. The number of aromatic nitrogens is 3. The van der Waals surface area contributed by atoms with Gasteiger partial charge >= 0.3 is 6.03 Å². The molecule has 0 spiro atoms. The zero-order valence-electron chi connectivity index (χ0n) is 15.1. The van der Waals surface area contributed by atoms with Crippen molar-refractivity contribution in [3.8, 4) is 0 Å². The second-order valence-corrected chi connectivity index (χ2v) is 7.66. The lowest BCUT2D eigenvalue weighted by molar-refractivity contribution is 0.197. The van der Waals surface area contributed by atoms with Crippen molar-refractivity contribution < 1.29 is 13.2 Å². The number of hydrogen-bond acceptors (Lipinski definition) is 5. The van der Waals surface area contributed by atoms with Crippen LogP contribution in [0.4, 0.5) is 4.79 Å². The van der Waals surface area contributed by atoms with Crippen molar-refractivity contribution in [2.45, 2.75) is 58.0 Å². The maximum Gasteiger partial charge on any atom is 0.346 e. The van der Waals surface area contributed by atoms with Gasteiger partial charge < -0.3 is 4.90 Å². The zero-order chi connectivity index (χ0) is 18.2. The molecule has 0 bridgehead atoms. The predicted molar refractivity (Wildman–Crippen MR) is 92.3 cm³/mol. The zero-order valence-corrected chi connectivity index (χ0v) is 15.9. The second-order valence-electron chi connectivity index (χ2n) is 5.72. The highest BCUT2D eigenvalue weighted by atomic mass is 32.2. The summed E-state index contributed by atoms with van der Waals surface area (Å²) in [4.78, 5) is 17.9. The molecule has 0 saturated carbocycles. The van der Waals surface area contributed by atoms with Gasteiger partial charge in [-0.3, -0.25) is 0 Å². The Bertz CT molecular complexity index is 614. The molecule has 0 N–H and O–H groups in total. The molecule has 0 aliphatic heterocycles. The fourth-order valence-corrected chi connectivity index (χ4v) is 3.20. The number of rotatable bonds is 10. The molecule has 0 aliphatic rings. The Morgan fingerprint density at radius 1 is 1.12 bits per heavy atom. The second kappa shape index (κ2) is 9.73. The van der Waals surface area contributed by atoms with E-state index in [2.05, 4.69) is 17.0 Å². The van der Waals surface area contributed by atoms with Crippen LogP contribution < -0.4 is 0 Å². The molecule has 0 radical (unpaired) electrons. The first-order valence-electron chi connectivity index (χ1n) is 8.55. The third kappa shape index (κ3) is 5.27. The van der Waals surface area contributed by atoms with E-state index < -0.39 is 10.0 Å². The van der Waals surface area contributed by atoms with Crippen molar-refractivity contribution in [1.82, 2.24) is 24.0 Å². The average Bonchev–Trinajstić information content (AvgIpc) is 3.06. The van der Waals surface area contributed by atoms with E-state index in [4.69, 9.17) is 0 Å². The van der Waals surface area contributed by atoms with Crippen LogP contribution in [0, 0.1) is 0 Å². The molecule has 0 fully saturated rings. The van der Waals surface area contributed by atoms with Crippen LogP contribution in [0.2, 0.25) is 0 Å². The van der Waals surface area contributed by atoms with Gasteiger partial charge in [0.15, 0.2) is 0 Å². The number of amides is 1. The smallest absolute Gasteiger partial charge is 0.323 e. The van der Waals surface area contributed by atoms with E-state index in [9.17, 15) is 13.2 Å². The lowest BCUT2D eigenvalue weighted by Gasteiger charge is -2.19. The summed E-state index contributed by atoms with van der Waals surface area (Å²) in [5.74, 6) is 0. The Balaban J connectivity index is 2.84. The Morgan fingerprint density at radius 2 is 1.79 bits per heavy atom. The van der Waals surface area contributed by atoms with Gasteiger partial charge in [-0.25, -0.2) is 18.2 Å². The molecule has 138 valence electrons. The van der Waals surface area contributed by atoms with Gasteiger partial charge in [-0.2, -0.15) is 8.99 Å². The van der Waals surface area contributed by atoms with Crippen LogP contribution in [-0.2, 0) is 10.0 Å². The molecule has 1 aromatic rings. The SMILES string of the molecule is CCCCCN(CC)C(=O)n1cnc(S(=O)(=O)N(C)CCCC)n1. The summed E-state index contributed by atoms with van der Waals surface area (Å²) in [5.41, 5.74) is 0. The van der Waals surface area contributed by atoms with Crippen LogP contribution in [0.3, 0.4) is 0 Å². The summed E-state index contributed by atoms with van der Waals surface area (Å²) in [5, 5.41) is 3.56. The molecule has 1 rings (SSSR count). The average molecular weight is 359 g/mol. The molecule has 1 heterocycles. The minimum absolute atomic E-state index is 0.334. The van der Waals surface area contributed by atoms with Crippen molar-refractivity contribution >= 4 is 16.1 Å². The fourth-order valence-electron chi connectivity index (χ4n) is 2.19. The first-order valence-corrected chi connectivity index (χ1v) is 9.99. The van der Waals surface area contributed by atoms with Crippen molar-refractivity contribution in [3.63, 3.8) is 0 Å². The number of nitrogens with zero attached hydrogens (tertiary/aromatic N) is 5. The van der Waals surface area contributed by atoms with Gasteiger partial charge in [-0.1, -0.05) is 33.1 Å². The van der Waals surface area contributed by atoms with E-state index in [0.29, 0.717) is 19.6 Å². The molecule has 1 amide bonds. The highest BCUT2D eigenvalue weighted by Crippen LogP contribution is 2.10. The topological polar surface area (TPSA) is 88.4 Å². The van der Waals surface area contributed by atoms with E-state index in [1.165, 1.54) is 17.7 Å². The number of carbonyl (C=O) groups excluding carboxylic acids is 1. The van der Waals surface area contributed by atoms with Crippen LogP contribution in [0.15, 0.2) is 11.5 Å². The number of sulfonamides is 1. The summed E-state index contributed by atoms with van der Waals surface area (Å²) in [6.45, 7) is 7.55. The Kier molecular flexibility index (Phi) is 8.34. The molecule has 0 aliphatic carbocycles. The number of unbranched alkanes of at least 4 members (excludes halogenated alkanes) is 3. The molecule has 0 saturated heterocycles. The summed E-state index contributed by atoms with van der Waals surface area (Å²) in [6.07, 6.45) is 5.85. The molecule has 8 nitrogen and oxygen atoms in total. The van der Waals surface area contributed by atoms with Crippen molar-refractivity contribution in [2.75, 3.05) is 26.7 Å². The fraction of sp³-hybridized carbons (Fsp3) is 0.800. The quantitative estimate of drug-likeness (QED) is 0.597. The predicted octanol–water partition coefficient (Wildman–Crippen LogP) is 2.18. The molecule has 24 heavy (non-hydrogen) atoms. The number of hydrogen-bond donors (Lipinski definition) is 0. The van der Waals surface area contributed by atoms with Crippen LogP contribution in [-0.4, -0.2) is 65.1 Å². The highest BCUT2D eigenvalue weighted by molar-refractivity contribution is 7.88. The summed E-state index contributed by atoms with van der Waals surface area (Å²) in [6, 6.07) is -0.348. The molecular weight excluding hydrogens is 330 g/mol. The van der Waals surface area contributed by atoms with Crippen molar-refractivity contribution in [2.24, 2.45) is 0 Å². The van der Waals surface area contributed by atoms with E-state index in [1.54, 1.807) is 4.90 Å². The molecule has 0 atom stereocenters. The van der Waals surface area contributed by atoms with Gasteiger partial charge in [-0.15, -0.1) is 5.10 Å². The van der Waals surface area contributed by atoms with Gasteiger partial charge in [0.1, 0.15) is 6.33 Å². The molecule has 1 aromatic heterocycles. The maximum atomic E-state index is 12.4. The van der Waals surface area contributed by atoms with E-state index in [1.807, 2.05) is 13.8 Å². The lowest BCUT2D eigenvalue weighted by Crippen LogP contribution is -2.36. The Labute approximate surface area is 144 Å². The van der Waals surface area contributed by atoms with Crippen LogP contribution in [0.5, 0.6) is 0 Å². The van der Waals surface area contributed by atoms with Gasteiger partial charge in [-0.05, 0) is 19.8 Å². The monoisotopic (exact) mass is 359 g/mol. The number of carbonyl (C=O) groups is 1. The van der Waals surface area contributed by atoms with Crippen LogP contribution in [0.25, 0.3) is 0 Å². The molecule has 0 unspecified atom stereocenters. The maximum absolute atomic E-state index is 12.4. The third-order valence-corrected chi connectivity index (χ3v) is 5.47. The van der Waals surface area contributed by atoms with Gasteiger partial charge in [0, 0.05) is 26.7 Å². The minimum Gasteiger partial charge on any atom is -0.323 e. The largest absolute Gasteiger partial charge is 0.346 e. The van der Waals surface area contributed by atoms with E-state index >= 15 is 0 Å². The first kappa shape index (κ1) is 20.6. The summed E-state index contributed by atoms with van der Waals surface area (Å²) >= 11 is 0. The molecule has 9 heteroatoms. The van der Waals surface area contributed by atoms with Crippen LogP contribution >= 0.6 is 0 Å². The Morgan fingerprint density at radius 3 is 2.38 bits per heavy atom. The van der Waals surface area contributed by atoms with Gasteiger partial charge in [0.2, 0.25) is 0 Å². The van der Waals surface area contributed by atoms with E-state index in [0.717, 1.165) is 36.8 Å². The van der Waals surface area contributed by atoms with E-state index in [-0.39, 0.29) is 11.2 Å². The molecular formula is C15H29N5O3S. The first-order chi connectivity index (χ1) is 11.4. The Hall–Kier alpha value is -1.48. The standard InChI is InChI=1S/C15H29N5O3S/c1-5-8-10-12-19(7-3)15(21)20-13-16-14(17-20)24(22,23)18(4)11-9-6-2/h13H,5-12H2,1-4H3. The molecule has 0 aromatic carbocycles. The lowest BCUT2D eigenvalue weighted by atomic mass is 10.2. The van der Waals surface area contributed by atoms with Crippen molar-refractivity contribution in [1.29, 1.82) is 0 Å². The normalized spacial score (nSPS) is 11.9. The summed E-state index contributed by atoms with van der Waals surface area (Å²) in [7, 11) is -2.26.